The third-order valence-corrected chi connectivity index (χ3v) is 2.74. The number of benzene rings is 2. The minimum atomic E-state index is -0.511. The Hall–Kier alpha value is -2.60. The fourth-order valence-electron chi connectivity index (χ4n) is 1.61. The summed E-state index contributed by atoms with van der Waals surface area (Å²) in [5.74, 6) is -0.395. The van der Waals surface area contributed by atoms with Gasteiger partial charge in [-0.25, -0.2) is 0 Å². The number of hydrogen-bond acceptors (Lipinski definition) is 4. The summed E-state index contributed by atoms with van der Waals surface area (Å²) in [6, 6.07) is 10.0. The molecule has 6 nitrogen and oxygen atoms in total. The van der Waals surface area contributed by atoms with Crippen LogP contribution in [0.3, 0.4) is 0 Å². The van der Waals surface area contributed by atoms with Crippen LogP contribution in [-0.2, 0) is 0 Å². The highest BCUT2D eigenvalue weighted by Gasteiger charge is 2.09. The van der Waals surface area contributed by atoms with Crippen molar-refractivity contribution in [2.75, 3.05) is 11.1 Å². The highest BCUT2D eigenvalue weighted by atomic mass is 35.5. The molecular formula is C13H10ClN3O3. The highest BCUT2D eigenvalue weighted by Crippen LogP contribution is 2.19. The number of nitro benzene ring substituents is 1. The molecule has 0 saturated heterocycles. The first-order valence-electron chi connectivity index (χ1n) is 5.57. The van der Waals surface area contributed by atoms with Crippen molar-refractivity contribution >= 4 is 34.6 Å². The van der Waals surface area contributed by atoms with Crippen LogP contribution in [0.2, 0.25) is 5.02 Å². The molecule has 0 fully saturated rings. The van der Waals surface area contributed by atoms with E-state index in [0.29, 0.717) is 22.0 Å². The molecule has 3 N–H and O–H groups in total. The standard InChI is InChI=1S/C13H10ClN3O3/c14-9-5-8(6-10(15)7-9)13(18)16-11-1-3-12(4-2-11)17(19)20/h1-7H,15H2,(H,16,18). The van der Waals surface area contributed by atoms with Gasteiger partial charge in [-0.2, -0.15) is 0 Å². The lowest BCUT2D eigenvalue weighted by Crippen LogP contribution is -2.12. The Morgan fingerprint density at radius 1 is 1.20 bits per heavy atom. The first kappa shape index (κ1) is 13.8. The molecule has 0 radical (unpaired) electrons. The summed E-state index contributed by atoms with van der Waals surface area (Å²) in [6.45, 7) is 0. The van der Waals surface area contributed by atoms with E-state index in [2.05, 4.69) is 5.32 Å². The predicted octanol–water partition coefficient (Wildman–Crippen LogP) is 3.08. The fraction of sp³-hybridized carbons (Fsp3) is 0. The van der Waals surface area contributed by atoms with Gasteiger partial charge in [-0.15, -0.1) is 0 Å². The van der Waals surface area contributed by atoms with Gasteiger partial charge in [-0.05, 0) is 30.3 Å². The second-order valence-corrected chi connectivity index (χ2v) is 4.47. The van der Waals surface area contributed by atoms with Gasteiger partial charge in [0.05, 0.1) is 4.92 Å². The second-order valence-electron chi connectivity index (χ2n) is 4.03. The second kappa shape index (κ2) is 5.58. The summed E-state index contributed by atoms with van der Waals surface area (Å²) in [5, 5.41) is 13.5. The summed E-state index contributed by atoms with van der Waals surface area (Å²) in [4.78, 5) is 22.0. The van der Waals surface area contributed by atoms with Crippen LogP contribution < -0.4 is 11.1 Å². The van der Waals surface area contributed by atoms with Crippen molar-refractivity contribution < 1.29 is 9.72 Å². The van der Waals surface area contributed by atoms with Crippen LogP contribution >= 0.6 is 11.6 Å². The zero-order valence-corrected chi connectivity index (χ0v) is 10.9. The van der Waals surface area contributed by atoms with E-state index < -0.39 is 10.8 Å². The minimum absolute atomic E-state index is 0.0463. The van der Waals surface area contributed by atoms with Gasteiger partial charge in [-0.1, -0.05) is 11.6 Å². The molecule has 0 saturated carbocycles. The molecular weight excluding hydrogens is 282 g/mol. The van der Waals surface area contributed by atoms with E-state index in [1.807, 2.05) is 0 Å². The number of nitrogens with two attached hydrogens (primary N) is 1. The van der Waals surface area contributed by atoms with Crippen molar-refractivity contribution in [1.82, 2.24) is 0 Å². The normalized spacial score (nSPS) is 10.1. The lowest BCUT2D eigenvalue weighted by molar-refractivity contribution is -0.384. The van der Waals surface area contributed by atoms with Gasteiger partial charge >= 0.3 is 0 Å². The van der Waals surface area contributed by atoms with Gasteiger partial charge in [-0.3, -0.25) is 14.9 Å². The molecule has 20 heavy (non-hydrogen) atoms. The van der Waals surface area contributed by atoms with Crippen molar-refractivity contribution in [3.8, 4) is 0 Å². The molecule has 0 atom stereocenters. The van der Waals surface area contributed by atoms with Gasteiger partial charge in [0.25, 0.3) is 11.6 Å². The Balaban J connectivity index is 2.16. The number of nitrogens with one attached hydrogen (secondary N) is 1. The van der Waals surface area contributed by atoms with Gasteiger partial charge < -0.3 is 11.1 Å². The topological polar surface area (TPSA) is 98.3 Å². The Morgan fingerprint density at radius 3 is 2.40 bits per heavy atom. The van der Waals surface area contributed by atoms with Crippen molar-refractivity contribution in [1.29, 1.82) is 0 Å². The summed E-state index contributed by atoms with van der Waals surface area (Å²) < 4.78 is 0. The molecule has 0 bridgehead atoms. The number of nitrogens with zero attached hydrogens (tertiary/aromatic N) is 1. The number of nitro groups is 1. The summed E-state index contributed by atoms with van der Waals surface area (Å²) in [7, 11) is 0. The number of anilines is 2. The summed E-state index contributed by atoms with van der Waals surface area (Å²) in [6.07, 6.45) is 0. The number of non-ortho nitro benzene ring substituents is 1. The number of halogens is 1. The van der Waals surface area contributed by atoms with Crippen molar-refractivity contribution in [2.45, 2.75) is 0 Å². The summed E-state index contributed by atoms with van der Waals surface area (Å²) in [5.41, 5.74) is 6.70. The molecule has 0 heterocycles. The molecule has 2 aromatic carbocycles. The Bertz CT molecular complexity index is 651. The van der Waals surface area contributed by atoms with Crippen LogP contribution in [0.15, 0.2) is 42.5 Å². The fourth-order valence-corrected chi connectivity index (χ4v) is 1.86. The zero-order chi connectivity index (χ0) is 14.7. The van der Waals surface area contributed by atoms with Gasteiger partial charge in [0, 0.05) is 34.1 Å². The van der Waals surface area contributed by atoms with Crippen LogP contribution in [0.5, 0.6) is 0 Å². The van der Waals surface area contributed by atoms with E-state index in [0.717, 1.165) is 0 Å². The van der Waals surface area contributed by atoms with E-state index in [4.69, 9.17) is 17.3 Å². The Kier molecular flexibility index (Phi) is 3.86. The number of rotatable bonds is 3. The Morgan fingerprint density at radius 2 is 1.85 bits per heavy atom. The van der Waals surface area contributed by atoms with Crippen LogP contribution in [0.25, 0.3) is 0 Å². The third kappa shape index (κ3) is 3.24. The molecule has 0 aliphatic heterocycles. The first-order chi connectivity index (χ1) is 9.45. The average Bonchev–Trinajstić information content (AvgIpc) is 2.38. The van der Waals surface area contributed by atoms with E-state index in [1.165, 1.54) is 42.5 Å². The number of carbonyl (C=O) groups excluding carboxylic acids is 1. The SMILES string of the molecule is Nc1cc(Cl)cc(C(=O)Nc2ccc([N+](=O)[O-])cc2)c1. The lowest BCUT2D eigenvalue weighted by Gasteiger charge is -2.06. The molecule has 2 aromatic rings. The van der Waals surface area contributed by atoms with Crippen LogP contribution in [0, 0.1) is 10.1 Å². The molecule has 7 heteroatoms. The molecule has 2 rings (SSSR count). The minimum Gasteiger partial charge on any atom is -0.399 e. The smallest absolute Gasteiger partial charge is 0.269 e. The number of amides is 1. The molecule has 0 aliphatic carbocycles. The number of hydrogen-bond donors (Lipinski definition) is 2. The monoisotopic (exact) mass is 291 g/mol. The molecule has 102 valence electrons. The van der Waals surface area contributed by atoms with Crippen LogP contribution in [-0.4, -0.2) is 10.8 Å². The maximum Gasteiger partial charge on any atom is 0.269 e. The highest BCUT2D eigenvalue weighted by molar-refractivity contribution is 6.31. The molecule has 0 unspecified atom stereocenters. The quantitative estimate of drug-likeness (QED) is 0.516. The molecule has 0 spiro atoms. The predicted molar refractivity (Wildman–Crippen MR) is 76.9 cm³/mol. The average molecular weight is 292 g/mol. The van der Waals surface area contributed by atoms with E-state index in [1.54, 1.807) is 0 Å². The third-order valence-electron chi connectivity index (χ3n) is 2.52. The molecule has 1 amide bonds. The molecule has 0 aromatic heterocycles. The van der Waals surface area contributed by atoms with Crippen molar-refractivity contribution in [2.24, 2.45) is 0 Å². The number of carbonyl (C=O) groups is 1. The largest absolute Gasteiger partial charge is 0.399 e. The summed E-state index contributed by atoms with van der Waals surface area (Å²) >= 11 is 5.82. The maximum absolute atomic E-state index is 12.0. The number of nitrogen functional groups attached to an aromatic ring is 1. The van der Waals surface area contributed by atoms with Crippen molar-refractivity contribution in [3.05, 3.63) is 63.2 Å². The van der Waals surface area contributed by atoms with Gasteiger partial charge in [0.2, 0.25) is 0 Å². The van der Waals surface area contributed by atoms with Crippen molar-refractivity contribution in [3.63, 3.8) is 0 Å². The Labute approximate surface area is 119 Å². The van der Waals surface area contributed by atoms with Crippen LogP contribution in [0.4, 0.5) is 17.1 Å². The van der Waals surface area contributed by atoms with Gasteiger partial charge in [0.1, 0.15) is 0 Å². The maximum atomic E-state index is 12.0. The zero-order valence-electron chi connectivity index (χ0n) is 10.2. The first-order valence-corrected chi connectivity index (χ1v) is 5.95. The van der Waals surface area contributed by atoms with E-state index in [-0.39, 0.29) is 5.69 Å². The molecule has 0 aliphatic rings. The van der Waals surface area contributed by atoms with Crippen LogP contribution in [0.1, 0.15) is 10.4 Å². The van der Waals surface area contributed by atoms with E-state index in [9.17, 15) is 14.9 Å². The van der Waals surface area contributed by atoms with Gasteiger partial charge in [0.15, 0.2) is 0 Å². The lowest BCUT2D eigenvalue weighted by atomic mass is 10.2. The van der Waals surface area contributed by atoms with E-state index >= 15 is 0 Å².